The smallest absolute Gasteiger partial charge is 0.0346 e. The van der Waals surface area contributed by atoms with Gasteiger partial charge in [0.05, 0.1) is 0 Å². The molecular formula is C20H22N2. The Bertz CT molecular complexity index is 675. The van der Waals surface area contributed by atoms with Crippen LogP contribution in [0.4, 0.5) is 0 Å². The summed E-state index contributed by atoms with van der Waals surface area (Å²) in [4.78, 5) is 4.50. The second-order valence-corrected chi connectivity index (χ2v) is 6.62. The van der Waals surface area contributed by atoms with Crippen molar-refractivity contribution in [3.8, 4) is 11.1 Å². The Kier molecular flexibility index (Phi) is 3.77. The van der Waals surface area contributed by atoms with E-state index in [4.69, 9.17) is 0 Å². The molecule has 112 valence electrons. The summed E-state index contributed by atoms with van der Waals surface area (Å²) >= 11 is 0. The van der Waals surface area contributed by atoms with Gasteiger partial charge in [0, 0.05) is 18.0 Å². The zero-order valence-corrected chi connectivity index (χ0v) is 12.8. The van der Waals surface area contributed by atoms with Crippen LogP contribution in [0.1, 0.15) is 24.8 Å². The number of nitrogens with zero attached hydrogens (tertiary/aromatic N) is 1. The van der Waals surface area contributed by atoms with E-state index in [2.05, 4.69) is 52.8 Å². The van der Waals surface area contributed by atoms with E-state index in [0.717, 1.165) is 11.8 Å². The molecule has 1 fully saturated rings. The monoisotopic (exact) mass is 290 g/mol. The van der Waals surface area contributed by atoms with Gasteiger partial charge in [-0.3, -0.25) is 4.98 Å². The third kappa shape index (κ3) is 2.84. The SMILES string of the molecule is C1=C(c2cncc(-c3ccccc3)c2)CC2CNCC(C1)C2. The maximum absolute atomic E-state index is 4.50. The second-order valence-electron chi connectivity index (χ2n) is 6.62. The summed E-state index contributed by atoms with van der Waals surface area (Å²) in [5.41, 5.74) is 5.24. The van der Waals surface area contributed by atoms with E-state index in [1.165, 1.54) is 54.6 Å². The number of fused-ring (bicyclic) bond motifs is 2. The Morgan fingerprint density at radius 2 is 1.73 bits per heavy atom. The highest BCUT2D eigenvalue weighted by atomic mass is 14.9. The molecule has 0 amide bonds. The van der Waals surface area contributed by atoms with Crippen LogP contribution in [-0.2, 0) is 0 Å². The molecule has 1 saturated heterocycles. The Morgan fingerprint density at radius 3 is 2.64 bits per heavy atom. The zero-order valence-electron chi connectivity index (χ0n) is 12.8. The van der Waals surface area contributed by atoms with Crippen molar-refractivity contribution in [2.75, 3.05) is 13.1 Å². The van der Waals surface area contributed by atoms with E-state index in [-0.39, 0.29) is 0 Å². The van der Waals surface area contributed by atoms with Crippen molar-refractivity contribution in [1.82, 2.24) is 10.3 Å². The van der Waals surface area contributed by atoms with Gasteiger partial charge in [-0.15, -0.1) is 0 Å². The van der Waals surface area contributed by atoms with Crippen LogP contribution in [0.15, 0.2) is 54.9 Å². The molecule has 2 nitrogen and oxygen atoms in total. The number of hydrogen-bond donors (Lipinski definition) is 1. The number of pyridine rings is 1. The van der Waals surface area contributed by atoms with Gasteiger partial charge in [0.1, 0.15) is 0 Å². The summed E-state index contributed by atoms with van der Waals surface area (Å²) in [5, 5.41) is 3.59. The third-order valence-corrected chi connectivity index (χ3v) is 4.96. The summed E-state index contributed by atoms with van der Waals surface area (Å²) in [6, 6.07) is 12.8. The van der Waals surface area contributed by atoms with Gasteiger partial charge < -0.3 is 5.32 Å². The fraction of sp³-hybridized carbons (Fsp3) is 0.350. The Morgan fingerprint density at radius 1 is 0.909 bits per heavy atom. The molecule has 0 radical (unpaired) electrons. The van der Waals surface area contributed by atoms with E-state index in [0.29, 0.717) is 0 Å². The van der Waals surface area contributed by atoms with Crippen molar-refractivity contribution in [2.24, 2.45) is 11.8 Å². The van der Waals surface area contributed by atoms with E-state index < -0.39 is 0 Å². The normalized spacial score (nSPS) is 24.5. The van der Waals surface area contributed by atoms with E-state index in [1.807, 2.05) is 12.4 Å². The second kappa shape index (κ2) is 6.05. The Balaban J connectivity index is 1.65. The number of nitrogens with one attached hydrogen (secondary N) is 1. The minimum atomic E-state index is 0.785. The highest BCUT2D eigenvalue weighted by Gasteiger charge is 2.25. The minimum absolute atomic E-state index is 0.785. The molecule has 4 rings (SSSR count). The minimum Gasteiger partial charge on any atom is -0.316 e. The molecule has 2 bridgehead atoms. The lowest BCUT2D eigenvalue weighted by Crippen LogP contribution is -2.35. The van der Waals surface area contributed by atoms with Crippen molar-refractivity contribution in [1.29, 1.82) is 0 Å². The number of benzene rings is 1. The van der Waals surface area contributed by atoms with Gasteiger partial charge in [0.25, 0.3) is 0 Å². The van der Waals surface area contributed by atoms with Gasteiger partial charge in [0.15, 0.2) is 0 Å². The van der Waals surface area contributed by atoms with Crippen LogP contribution in [0.3, 0.4) is 0 Å². The molecule has 1 N–H and O–H groups in total. The molecule has 2 aromatic rings. The third-order valence-electron chi connectivity index (χ3n) is 4.96. The van der Waals surface area contributed by atoms with Crippen molar-refractivity contribution >= 4 is 5.57 Å². The van der Waals surface area contributed by atoms with Crippen LogP contribution in [0.25, 0.3) is 16.7 Å². The van der Waals surface area contributed by atoms with E-state index in [9.17, 15) is 0 Å². The van der Waals surface area contributed by atoms with Crippen molar-refractivity contribution in [3.05, 3.63) is 60.4 Å². The molecule has 2 heteroatoms. The lowest BCUT2D eigenvalue weighted by Gasteiger charge is -2.27. The predicted molar refractivity (Wildman–Crippen MR) is 91.4 cm³/mol. The van der Waals surface area contributed by atoms with Crippen LogP contribution < -0.4 is 5.32 Å². The van der Waals surface area contributed by atoms with Crippen LogP contribution in [0.5, 0.6) is 0 Å². The highest BCUT2D eigenvalue weighted by molar-refractivity contribution is 5.71. The van der Waals surface area contributed by atoms with Gasteiger partial charge in [-0.05, 0) is 67.0 Å². The standard InChI is InChI=1S/C20H22N2/c1-2-4-17(5-3-1)19-10-20(14-22-13-19)18-7-6-15-8-16(9-18)12-21-11-15/h1-5,7,10,13-16,21H,6,8-9,11-12H2. The van der Waals surface area contributed by atoms with Crippen molar-refractivity contribution in [3.63, 3.8) is 0 Å². The molecule has 1 aromatic heterocycles. The Labute approximate surface area is 132 Å². The van der Waals surface area contributed by atoms with Gasteiger partial charge in [0.2, 0.25) is 0 Å². The first-order valence-corrected chi connectivity index (χ1v) is 8.29. The molecule has 1 aromatic carbocycles. The van der Waals surface area contributed by atoms with Gasteiger partial charge >= 0.3 is 0 Å². The van der Waals surface area contributed by atoms with Gasteiger partial charge in [-0.1, -0.05) is 36.4 Å². The molecule has 1 aliphatic heterocycles. The van der Waals surface area contributed by atoms with E-state index in [1.54, 1.807) is 0 Å². The van der Waals surface area contributed by atoms with Crippen molar-refractivity contribution in [2.45, 2.75) is 19.3 Å². The molecule has 0 saturated carbocycles. The molecule has 22 heavy (non-hydrogen) atoms. The van der Waals surface area contributed by atoms with Gasteiger partial charge in [-0.25, -0.2) is 0 Å². The maximum atomic E-state index is 4.50. The summed E-state index contributed by atoms with van der Waals surface area (Å²) in [7, 11) is 0. The largest absolute Gasteiger partial charge is 0.316 e. The number of rotatable bonds is 2. The van der Waals surface area contributed by atoms with E-state index >= 15 is 0 Å². The summed E-state index contributed by atoms with van der Waals surface area (Å²) in [6.07, 6.45) is 10.2. The fourth-order valence-electron chi connectivity index (χ4n) is 3.81. The molecule has 2 atom stereocenters. The van der Waals surface area contributed by atoms with Crippen LogP contribution in [0.2, 0.25) is 0 Å². The lowest BCUT2D eigenvalue weighted by molar-refractivity contribution is 0.298. The molecular weight excluding hydrogens is 268 g/mol. The molecule has 2 heterocycles. The number of allylic oxidation sites excluding steroid dienone is 2. The molecule has 2 aliphatic rings. The summed E-state index contributed by atoms with van der Waals surface area (Å²) < 4.78 is 0. The first-order chi connectivity index (χ1) is 10.9. The molecule has 1 aliphatic carbocycles. The zero-order chi connectivity index (χ0) is 14.8. The molecule has 2 unspecified atom stereocenters. The lowest BCUT2D eigenvalue weighted by atomic mass is 9.87. The van der Waals surface area contributed by atoms with Crippen molar-refractivity contribution < 1.29 is 0 Å². The molecule has 0 spiro atoms. The number of hydrogen-bond acceptors (Lipinski definition) is 2. The quantitative estimate of drug-likeness (QED) is 0.898. The summed E-state index contributed by atoms with van der Waals surface area (Å²) in [6.45, 7) is 2.35. The average molecular weight is 290 g/mol. The average Bonchev–Trinajstić information content (AvgIpc) is 2.74. The highest BCUT2D eigenvalue weighted by Crippen LogP contribution is 2.34. The van der Waals surface area contributed by atoms with Crippen LogP contribution in [0, 0.1) is 11.8 Å². The Hall–Kier alpha value is -1.93. The first kappa shape index (κ1) is 13.7. The van der Waals surface area contributed by atoms with Crippen LogP contribution in [-0.4, -0.2) is 18.1 Å². The number of aromatic nitrogens is 1. The number of piperidine rings is 1. The van der Waals surface area contributed by atoms with Crippen LogP contribution >= 0.6 is 0 Å². The summed E-state index contributed by atoms with van der Waals surface area (Å²) in [5.74, 6) is 1.61. The fourth-order valence-corrected chi connectivity index (χ4v) is 3.81. The topological polar surface area (TPSA) is 24.9 Å². The first-order valence-electron chi connectivity index (χ1n) is 8.29. The van der Waals surface area contributed by atoms with Gasteiger partial charge in [-0.2, -0.15) is 0 Å². The maximum Gasteiger partial charge on any atom is 0.0346 e. The predicted octanol–water partition coefficient (Wildman–Crippen LogP) is 4.15.